The zero-order chi connectivity index (χ0) is 14.1. The van der Waals surface area contributed by atoms with E-state index in [1.165, 1.54) is 0 Å². The molecule has 2 aromatic heterocycles. The monoisotopic (exact) mass is 348 g/mol. The maximum Gasteiger partial charge on any atom is 0.270 e. The van der Waals surface area contributed by atoms with Gasteiger partial charge in [0.15, 0.2) is 0 Å². The molecule has 0 bridgehead atoms. The third kappa shape index (κ3) is 2.64. The van der Waals surface area contributed by atoms with Gasteiger partial charge in [0.25, 0.3) is 5.91 Å². The summed E-state index contributed by atoms with van der Waals surface area (Å²) >= 11 is 5.06. The molecule has 1 amide bonds. The second-order valence-corrected chi connectivity index (χ2v) is 6.98. The van der Waals surface area contributed by atoms with Gasteiger partial charge in [-0.1, -0.05) is 18.2 Å². The maximum atomic E-state index is 12.4. The van der Waals surface area contributed by atoms with Gasteiger partial charge in [-0.05, 0) is 45.1 Å². The Labute approximate surface area is 129 Å². The first-order valence-electron chi connectivity index (χ1n) is 6.19. The maximum absolute atomic E-state index is 12.4. The summed E-state index contributed by atoms with van der Waals surface area (Å²) in [5, 5.41) is 3.11. The molecule has 0 aliphatic carbocycles. The average Bonchev–Trinajstić information content (AvgIpc) is 3.03. The van der Waals surface area contributed by atoms with Crippen LogP contribution in [0.15, 0.2) is 45.6 Å². The lowest BCUT2D eigenvalue weighted by molar-refractivity contribution is 0.0780. The number of thiophene rings is 1. The number of hydrogen-bond acceptors (Lipinski definition) is 2. The number of rotatable bonds is 3. The minimum absolute atomic E-state index is 0.00326. The molecular formula is C15H13BrN2OS. The summed E-state index contributed by atoms with van der Waals surface area (Å²) in [5.41, 5.74) is 2.75. The van der Waals surface area contributed by atoms with E-state index in [9.17, 15) is 4.79 Å². The van der Waals surface area contributed by atoms with Crippen molar-refractivity contribution in [1.82, 2.24) is 9.88 Å². The quantitative estimate of drug-likeness (QED) is 0.753. The van der Waals surface area contributed by atoms with Gasteiger partial charge in [0, 0.05) is 24.5 Å². The highest BCUT2D eigenvalue weighted by atomic mass is 79.9. The third-order valence-corrected chi connectivity index (χ3v) is 4.70. The van der Waals surface area contributed by atoms with Gasteiger partial charge in [-0.15, -0.1) is 11.3 Å². The molecule has 0 saturated carbocycles. The van der Waals surface area contributed by atoms with Crippen molar-refractivity contribution in [2.75, 3.05) is 7.05 Å². The molecule has 2 heterocycles. The lowest BCUT2D eigenvalue weighted by Crippen LogP contribution is -2.26. The molecular weight excluding hydrogens is 336 g/mol. The van der Waals surface area contributed by atoms with Crippen molar-refractivity contribution in [2.45, 2.75) is 6.54 Å². The first-order chi connectivity index (χ1) is 9.63. The summed E-state index contributed by atoms with van der Waals surface area (Å²) in [4.78, 5) is 17.3. The number of nitrogens with one attached hydrogen (secondary N) is 1. The van der Waals surface area contributed by atoms with E-state index >= 15 is 0 Å². The van der Waals surface area contributed by atoms with E-state index in [1.54, 1.807) is 16.2 Å². The normalized spacial score (nSPS) is 10.9. The number of benzene rings is 1. The smallest absolute Gasteiger partial charge is 0.270 e. The second kappa shape index (κ2) is 5.42. The van der Waals surface area contributed by atoms with E-state index in [1.807, 2.05) is 43.4 Å². The van der Waals surface area contributed by atoms with Crippen molar-refractivity contribution in [3.8, 4) is 0 Å². The van der Waals surface area contributed by atoms with Crippen LogP contribution in [0.1, 0.15) is 16.1 Å². The number of halogens is 1. The largest absolute Gasteiger partial charge is 0.351 e. The average molecular weight is 349 g/mol. The van der Waals surface area contributed by atoms with Crippen LogP contribution in [-0.2, 0) is 6.54 Å². The Kier molecular flexibility index (Phi) is 3.63. The molecule has 3 rings (SSSR count). The highest BCUT2D eigenvalue weighted by molar-refractivity contribution is 9.11. The molecule has 20 heavy (non-hydrogen) atoms. The summed E-state index contributed by atoms with van der Waals surface area (Å²) in [6.07, 6.45) is 0. The molecule has 0 spiro atoms. The number of nitrogens with zero attached hydrogens (tertiary/aromatic N) is 1. The zero-order valence-electron chi connectivity index (χ0n) is 10.9. The van der Waals surface area contributed by atoms with Gasteiger partial charge in [0.1, 0.15) is 5.69 Å². The van der Waals surface area contributed by atoms with Crippen molar-refractivity contribution in [2.24, 2.45) is 0 Å². The topological polar surface area (TPSA) is 36.1 Å². The highest BCUT2D eigenvalue weighted by Crippen LogP contribution is 2.22. The molecule has 0 saturated heterocycles. The summed E-state index contributed by atoms with van der Waals surface area (Å²) in [7, 11) is 1.82. The van der Waals surface area contributed by atoms with Crippen LogP contribution in [-0.4, -0.2) is 22.8 Å². The molecule has 0 fully saturated rings. The molecule has 0 unspecified atom stereocenters. The van der Waals surface area contributed by atoms with E-state index in [4.69, 9.17) is 0 Å². The molecule has 0 aliphatic heterocycles. The minimum atomic E-state index is 0.00326. The van der Waals surface area contributed by atoms with Crippen LogP contribution in [0, 0.1) is 0 Å². The standard InChI is InChI=1S/C15H13BrN2OS/c1-18(8-10-6-14(16)20-9-10)15(19)13-7-11-4-2-3-5-12(11)17-13/h2-7,9,17H,8H2,1H3. The predicted molar refractivity (Wildman–Crippen MR) is 86.1 cm³/mol. The molecule has 5 heteroatoms. The van der Waals surface area contributed by atoms with Crippen LogP contribution in [0.5, 0.6) is 0 Å². The van der Waals surface area contributed by atoms with Crippen LogP contribution in [0.3, 0.4) is 0 Å². The molecule has 1 N–H and O–H groups in total. The van der Waals surface area contributed by atoms with Gasteiger partial charge in [-0.25, -0.2) is 0 Å². The fourth-order valence-corrected chi connectivity index (χ4v) is 3.37. The molecule has 1 aromatic carbocycles. The van der Waals surface area contributed by atoms with Crippen molar-refractivity contribution in [3.05, 3.63) is 56.8 Å². The molecule has 0 aliphatic rings. The SMILES string of the molecule is CN(Cc1csc(Br)c1)C(=O)c1cc2ccccc2[nH]1. The number of hydrogen-bond donors (Lipinski definition) is 1. The van der Waals surface area contributed by atoms with Crippen molar-refractivity contribution < 1.29 is 4.79 Å². The number of aromatic amines is 1. The number of amides is 1. The Hall–Kier alpha value is -1.59. The predicted octanol–water partition coefficient (Wildman–Crippen LogP) is 4.26. The summed E-state index contributed by atoms with van der Waals surface area (Å²) in [6, 6.07) is 11.8. The molecule has 3 aromatic rings. The lowest BCUT2D eigenvalue weighted by atomic mass is 10.2. The van der Waals surface area contributed by atoms with Gasteiger partial charge in [0.05, 0.1) is 3.79 Å². The summed E-state index contributed by atoms with van der Waals surface area (Å²) in [6.45, 7) is 0.607. The number of para-hydroxylation sites is 1. The lowest BCUT2D eigenvalue weighted by Gasteiger charge is -2.15. The van der Waals surface area contributed by atoms with E-state index in [0.29, 0.717) is 12.2 Å². The number of fused-ring (bicyclic) bond motifs is 1. The van der Waals surface area contributed by atoms with Gasteiger partial charge in [-0.2, -0.15) is 0 Å². The zero-order valence-corrected chi connectivity index (χ0v) is 13.3. The second-order valence-electron chi connectivity index (χ2n) is 4.69. The Morgan fingerprint density at radius 3 is 2.85 bits per heavy atom. The fourth-order valence-electron chi connectivity index (χ4n) is 2.17. The van der Waals surface area contributed by atoms with E-state index in [0.717, 1.165) is 20.3 Å². The van der Waals surface area contributed by atoms with Crippen molar-refractivity contribution in [3.63, 3.8) is 0 Å². The minimum Gasteiger partial charge on any atom is -0.351 e. The molecule has 0 atom stereocenters. The van der Waals surface area contributed by atoms with E-state index < -0.39 is 0 Å². The van der Waals surface area contributed by atoms with Gasteiger partial charge in [0.2, 0.25) is 0 Å². The number of aromatic nitrogens is 1. The van der Waals surface area contributed by atoms with Gasteiger partial charge < -0.3 is 9.88 Å². The Balaban J connectivity index is 1.80. The molecule has 3 nitrogen and oxygen atoms in total. The summed E-state index contributed by atoms with van der Waals surface area (Å²) in [5.74, 6) is 0.00326. The fraction of sp³-hybridized carbons (Fsp3) is 0.133. The number of carbonyl (C=O) groups is 1. The van der Waals surface area contributed by atoms with Crippen molar-refractivity contribution >= 4 is 44.1 Å². The Morgan fingerprint density at radius 1 is 1.35 bits per heavy atom. The van der Waals surface area contributed by atoms with Gasteiger partial charge >= 0.3 is 0 Å². The first-order valence-corrected chi connectivity index (χ1v) is 7.87. The van der Waals surface area contributed by atoms with Crippen LogP contribution >= 0.6 is 27.3 Å². The van der Waals surface area contributed by atoms with Crippen LogP contribution in [0.25, 0.3) is 10.9 Å². The third-order valence-electron chi connectivity index (χ3n) is 3.15. The van der Waals surface area contributed by atoms with Crippen LogP contribution in [0.4, 0.5) is 0 Å². The van der Waals surface area contributed by atoms with Crippen LogP contribution < -0.4 is 0 Å². The number of H-pyrrole nitrogens is 1. The van der Waals surface area contributed by atoms with Crippen LogP contribution in [0.2, 0.25) is 0 Å². The molecule has 102 valence electrons. The number of carbonyl (C=O) groups excluding carboxylic acids is 1. The first kappa shape index (κ1) is 13.4. The van der Waals surface area contributed by atoms with Gasteiger partial charge in [-0.3, -0.25) is 4.79 Å². The van der Waals surface area contributed by atoms with E-state index in [-0.39, 0.29) is 5.91 Å². The Bertz CT molecular complexity index is 729. The van der Waals surface area contributed by atoms with Crippen molar-refractivity contribution in [1.29, 1.82) is 0 Å². The van der Waals surface area contributed by atoms with E-state index in [2.05, 4.69) is 26.3 Å². The summed E-state index contributed by atoms with van der Waals surface area (Å²) < 4.78 is 1.08. The Morgan fingerprint density at radius 2 is 2.15 bits per heavy atom. The molecule has 0 radical (unpaired) electrons. The highest BCUT2D eigenvalue weighted by Gasteiger charge is 2.15.